The number of ether oxygens (including phenoxy) is 2. The first-order valence-electron chi connectivity index (χ1n) is 7.84. The second kappa shape index (κ2) is 6.51. The average molecular weight is 344 g/mol. The molecule has 0 bridgehead atoms. The maximum Gasteiger partial charge on any atom is 0.338 e. The second-order valence-electron chi connectivity index (χ2n) is 5.65. The Labute approximate surface area is 143 Å². The van der Waals surface area contributed by atoms with Crippen LogP contribution in [0.1, 0.15) is 36.7 Å². The molecular formula is C18H17FN2O4. The van der Waals surface area contributed by atoms with Crippen molar-refractivity contribution in [1.82, 2.24) is 9.97 Å². The Bertz CT molecular complexity index is 916. The van der Waals surface area contributed by atoms with Crippen molar-refractivity contribution in [3.05, 3.63) is 68.7 Å². The van der Waals surface area contributed by atoms with Crippen molar-refractivity contribution in [1.29, 1.82) is 0 Å². The fraction of sp³-hybridized carbons (Fsp3) is 0.278. The van der Waals surface area contributed by atoms with Gasteiger partial charge in [-0.3, -0.25) is 4.79 Å². The van der Waals surface area contributed by atoms with Gasteiger partial charge < -0.3 is 14.5 Å². The van der Waals surface area contributed by atoms with Crippen LogP contribution < -0.4 is 10.3 Å². The predicted octanol–water partition coefficient (Wildman–Crippen LogP) is 2.58. The highest BCUT2D eigenvalue weighted by Crippen LogP contribution is 2.40. The standard InChI is InChI=1S/C18H17FN2O4/c1-4-24-18(23)13-9(2)25-17-15(16(22)20-10(3)21-17)14(13)11-5-7-12(19)8-6-11/h5-8,14H,4H2,1-3H3,(H,20,21,22). The lowest BCUT2D eigenvalue weighted by molar-refractivity contribution is -0.139. The average Bonchev–Trinajstić information content (AvgIpc) is 2.54. The third-order valence-electron chi connectivity index (χ3n) is 3.94. The van der Waals surface area contributed by atoms with E-state index in [1.54, 1.807) is 20.8 Å². The van der Waals surface area contributed by atoms with E-state index < -0.39 is 23.3 Å². The van der Waals surface area contributed by atoms with E-state index in [1.165, 1.54) is 24.3 Å². The highest BCUT2D eigenvalue weighted by molar-refractivity contribution is 5.92. The molecule has 25 heavy (non-hydrogen) atoms. The minimum Gasteiger partial charge on any atom is -0.463 e. The normalized spacial score (nSPS) is 16.2. The van der Waals surface area contributed by atoms with E-state index in [-0.39, 0.29) is 23.6 Å². The first-order valence-corrected chi connectivity index (χ1v) is 7.84. The molecule has 2 heterocycles. The largest absolute Gasteiger partial charge is 0.463 e. The number of allylic oxidation sites excluding steroid dienone is 1. The summed E-state index contributed by atoms with van der Waals surface area (Å²) in [4.78, 5) is 31.9. The minimum absolute atomic E-state index is 0.140. The topological polar surface area (TPSA) is 81.3 Å². The van der Waals surface area contributed by atoms with Crippen LogP contribution in [0.15, 0.2) is 40.4 Å². The number of benzene rings is 1. The summed E-state index contributed by atoms with van der Waals surface area (Å²) in [6.45, 7) is 5.12. The molecule has 1 aliphatic rings. The lowest BCUT2D eigenvalue weighted by Gasteiger charge is -2.27. The van der Waals surface area contributed by atoms with Crippen LogP contribution in [0.4, 0.5) is 4.39 Å². The molecule has 7 heteroatoms. The van der Waals surface area contributed by atoms with Crippen molar-refractivity contribution in [2.45, 2.75) is 26.7 Å². The van der Waals surface area contributed by atoms with Crippen LogP contribution in [0.2, 0.25) is 0 Å². The van der Waals surface area contributed by atoms with E-state index in [0.717, 1.165) is 0 Å². The Morgan fingerprint density at radius 1 is 1.32 bits per heavy atom. The van der Waals surface area contributed by atoms with Gasteiger partial charge in [0.05, 0.1) is 23.7 Å². The maximum absolute atomic E-state index is 13.3. The highest BCUT2D eigenvalue weighted by atomic mass is 19.1. The molecule has 1 aromatic heterocycles. The van der Waals surface area contributed by atoms with Crippen molar-refractivity contribution in [3.63, 3.8) is 0 Å². The van der Waals surface area contributed by atoms with Crippen LogP contribution in [0.5, 0.6) is 5.88 Å². The van der Waals surface area contributed by atoms with Crippen LogP contribution in [-0.4, -0.2) is 22.5 Å². The molecule has 1 N–H and O–H groups in total. The number of esters is 1. The zero-order chi connectivity index (χ0) is 18.1. The van der Waals surface area contributed by atoms with E-state index >= 15 is 0 Å². The van der Waals surface area contributed by atoms with E-state index in [0.29, 0.717) is 17.1 Å². The number of fused-ring (bicyclic) bond motifs is 1. The summed E-state index contributed by atoms with van der Waals surface area (Å²) in [7, 11) is 0. The SMILES string of the molecule is CCOC(=O)C1=C(C)Oc2nc(C)[nH]c(=O)c2C1c1ccc(F)cc1. The molecular weight excluding hydrogens is 327 g/mol. The molecule has 130 valence electrons. The molecule has 0 saturated heterocycles. The Balaban J connectivity index is 2.26. The summed E-state index contributed by atoms with van der Waals surface area (Å²) < 4.78 is 24.1. The Kier molecular flexibility index (Phi) is 4.39. The van der Waals surface area contributed by atoms with Crippen LogP contribution >= 0.6 is 0 Å². The van der Waals surface area contributed by atoms with E-state index in [2.05, 4.69) is 9.97 Å². The number of hydrogen-bond donors (Lipinski definition) is 1. The van der Waals surface area contributed by atoms with Crippen LogP contribution in [0.3, 0.4) is 0 Å². The number of aromatic amines is 1. The van der Waals surface area contributed by atoms with Gasteiger partial charge in [0.2, 0.25) is 5.88 Å². The van der Waals surface area contributed by atoms with Crippen molar-refractivity contribution in [3.8, 4) is 5.88 Å². The number of aryl methyl sites for hydroxylation is 1. The number of carbonyl (C=O) groups is 1. The molecule has 1 unspecified atom stereocenters. The Morgan fingerprint density at radius 3 is 2.64 bits per heavy atom. The van der Waals surface area contributed by atoms with Gasteiger partial charge in [0, 0.05) is 0 Å². The lowest BCUT2D eigenvalue weighted by Crippen LogP contribution is -2.30. The number of hydrogen-bond acceptors (Lipinski definition) is 5. The Morgan fingerprint density at radius 2 is 2.00 bits per heavy atom. The summed E-state index contributed by atoms with van der Waals surface area (Å²) in [5.41, 5.74) is 0.568. The van der Waals surface area contributed by atoms with Gasteiger partial charge in [0.25, 0.3) is 5.56 Å². The zero-order valence-electron chi connectivity index (χ0n) is 14.1. The van der Waals surface area contributed by atoms with Crippen molar-refractivity contribution >= 4 is 5.97 Å². The number of rotatable bonds is 3. The molecule has 6 nitrogen and oxygen atoms in total. The molecule has 3 rings (SSSR count). The molecule has 2 aromatic rings. The molecule has 0 aliphatic carbocycles. The quantitative estimate of drug-likeness (QED) is 0.866. The molecule has 0 radical (unpaired) electrons. The van der Waals surface area contributed by atoms with Gasteiger partial charge >= 0.3 is 5.97 Å². The predicted molar refractivity (Wildman–Crippen MR) is 87.8 cm³/mol. The summed E-state index contributed by atoms with van der Waals surface area (Å²) in [5, 5.41) is 0. The number of H-pyrrole nitrogens is 1. The van der Waals surface area contributed by atoms with Gasteiger partial charge in [-0.05, 0) is 38.5 Å². The second-order valence-corrected chi connectivity index (χ2v) is 5.65. The minimum atomic E-state index is -0.750. The van der Waals surface area contributed by atoms with E-state index in [4.69, 9.17) is 9.47 Å². The third-order valence-corrected chi connectivity index (χ3v) is 3.94. The van der Waals surface area contributed by atoms with Gasteiger partial charge in [-0.2, -0.15) is 4.98 Å². The van der Waals surface area contributed by atoms with Crippen LogP contribution in [-0.2, 0) is 9.53 Å². The number of carbonyl (C=O) groups excluding carboxylic acids is 1. The van der Waals surface area contributed by atoms with Gasteiger partial charge in [-0.15, -0.1) is 0 Å². The van der Waals surface area contributed by atoms with Gasteiger partial charge in [-0.25, -0.2) is 9.18 Å². The number of halogens is 1. The summed E-state index contributed by atoms with van der Waals surface area (Å²) in [5.74, 6) is -0.904. The fourth-order valence-electron chi connectivity index (χ4n) is 2.91. The zero-order valence-corrected chi connectivity index (χ0v) is 14.1. The van der Waals surface area contributed by atoms with E-state index in [1.807, 2.05) is 0 Å². The van der Waals surface area contributed by atoms with Crippen molar-refractivity contribution in [2.75, 3.05) is 6.61 Å². The summed E-state index contributed by atoms with van der Waals surface area (Å²) in [6, 6.07) is 5.61. The highest BCUT2D eigenvalue weighted by Gasteiger charge is 2.37. The molecule has 1 atom stereocenters. The summed E-state index contributed by atoms with van der Waals surface area (Å²) >= 11 is 0. The maximum atomic E-state index is 13.3. The summed E-state index contributed by atoms with van der Waals surface area (Å²) in [6.07, 6.45) is 0. The Hall–Kier alpha value is -2.96. The smallest absolute Gasteiger partial charge is 0.338 e. The van der Waals surface area contributed by atoms with Crippen molar-refractivity contribution < 1.29 is 18.7 Å². The molecule has 0 amide bonds. The first-order chi connectivity index (χ1) is 11.9. The van der Waals surface area contributed by atoms with E-state index in [9.17, 15) is 14.0 Å². The van der Waals surface area contributed by atoms with Crippen LogP contribution in [0, 0.1) is 12.7 Å². The monoisotopic (exact) mass is 344 g/mol. The van der Waals surface area contributed by atoms with Gasteiger partial charge in [0.1, 0.15) is 17.4 Å². The molecule has 1 aliphatic heterocycles. The number of nitrogens with zero attached hydrogens (tertiary/aromatic N) is 1. The molecule has 1 aromatic carbocycles. The first kappa shape index (κ1) is 16.9. The van der Waals surface area contributed by atoms with Crippen molar-refractivity contribution in [2.24, 2.45) is 0 Å². The van der Waals surface area contributed by atoms with Gasteiger partial charge in [-0.1, -0.05) is 12.1 Å². The van der Waals surface area contributed by atoms with Gasteiger partial charge in [0.15, 0.2) is 0 Å². The third kappa shape index (κ3) is 3.05. The molecule has 0 spiro atoms. The fourth-order valence-corrected chi connectivity index (χ4v) is 2.91. The van der Waals surface area contributed by atoms with Crippen LogP contribution in [0.25, 0.3) is 0 Å². The molecule has 0 fully saturated rings. The lowest BCUT2D eigenvalue weighted by atomic mass is 9.83. The number of aromatic nitrogens is 2. The number of nitrogens with one attached hydrogen (secondary N) is 1. The molecule has 0 saturated carbocycles.